The summed E-state index contributed by atoms with van der Waals surface area (Å²) in [6, 6.07) is 7.26. The number of carbonyl (C=O) groups is 2. The van der Waals surface area contributed by atoms with E-state index in [0.29, 0.717) is 12.1 Å². The van der Waals surface area contributed by atoms with Crippen LogP contribution in [0.3, 0.4) is 0 Å². The third-order valence-corrected chi connectivity index (χ3v) is 5.84. The lowest BCUT2D eigenvalue weighted by atomic mass is 10.1. The number of likely N-dealkylation sites (N-methyl/N-ethyl adjacent to an activating group) is 1. The van der Waals surface area contributed by atoms with E-state index < -0.39 is 5.97 Å². The van der Waals surface area contributed by atoms with Crippen molar-refractivity contribution in [1.29, 1.82) is 0 Å². The molecule has 3 rings (SSSR count). The fraction of sp³-hybridized carbons (Fsp3) is 0.600. The first kappa shape index (κ1) is 18.9. The Balaban J connectivity index is 1.64. The van der Waals surface area contributed by atoms with Crippen LogP contribution in [0.1, 0.15) is 41.6 Å². The predicted molar refractivity (Wildman–Crippen MR) is 98.3 cm³/mol. The highest BCUT2D eigenvalue weighted by atomic mass is 16.5. The highest BCUT2D eigenvalue weighted by Crippen LogP contribution is 2.31. The van der Waals surface area contributed by atoms with E-state index in [9.17, 15) is 9.59 Å². The van der Waals surface area contributed by atoms with E-state index in [1.165, 1.54) is 0 Å². The zero-order valence-corrected chi connectivity index (χ0v) is 15.6. The monoisotopic (exact) mass is 360 g/mol. The van der Waals surface area contributed by atoms with Crippen LogP contribution in [0.5, 0.6) is 0 Å². The molecule has 1 aliphatic carbocycles. The third kappa shape index (κ3) is 4.07. The fourth-order valence-corrected chi connectivity index (χ4v) is 4.34. The van der Waals surface area contributed by atoms with Crippen molar-refractivity contribution in [3.8, 4) is 0 Å². The van der Waals surface area contributed by atoms with Crippen LogP contribution in [0, 0.1) is 0 Å². The van der Waals surface area contributed by atoms with Gasteiger partial charge in [-0.05, 0) is 43.4 Å². The minimum absolute atomic E-state index is 0.0481. The van der Waals surface area contributed by atoms with E-state index in [1.54, 1.807) is 25.3 Å². The molecule has 1 aromatic carbocycles. The Morgan fingerprint density at radius 3 is 2.81 bits per heavy atom. The van der Waals surface area contributed by atoms with Crippen molar-refractivity contribution in [1.82, 2.24) is 9.80 Å². The molecular weight excluding hydrogens is 332 g/mol. The van der Waals surface area contributed by atoms with Crippen LogP contribution in [0.4, 0.5) is 0 Å². The van der Waals surface area contributed by atoms with E-state index >= 15 is 0 Å². The van der Waals surface area contributed by atoms with E-state index in [2.05, 4.69) is 4.90 Å². The lowest BCUT2D eigenvalue weighted by Crippen LogP contribution is -2.49. The van der Waals surface area contributed by atoms with Gasteiger partial charge in [-0.3, -0.25) is 9.69 Å². The summed E-state index contributed by atoms with van der Waals surface area (Å²) < 4.78 is 5.48. The summed E-state index contributed by atoms with van der Waals surface area (Å²) in [6.45, 7) is 1.97. The van der Waals surface area contributed by atoms with Crippen molar-refractivity contribution < 1.29 is 19.4 Å². The number of hydrogen-bond donors (Lipinski definition) is 1. The number of likely N-dealkylation sites (tertiary alicyclic amines) is 1. The molecular formula is C20H28N2O4. The molecule has 6 nitrogen and oxygen atoms in total. The lowest BCUT2D eigenvalue weighted by molar-refractivity contribution is -0.132. The minimum Gasteiger partial charge on any atom is -0.478 e. The molecule has 0 radical (unpaired) electrons. The number of hydrogen-bond acceptors (Lipinski definition) is 4. The smallest absolute Gasteiger partial charge is 0.335 e. The third-order valence-electron chi connectivity index (χ3n) is 5.84. The van der Waals surface area contributed by atoms with Crippen LogP contribution < -0.4 is 0 Å². The fourth-order valence-electron chi connectivity index (χ4n) is 4.34. The number of carboxylic acids is 1. The molecule has 142 valence electrons. The van der Waals surface area contributed by atoms with Gasteiger partial charge in [0.15, 0.2) is 0 Å². The molecule has 0 bridgehead atoms. The quantitative estimate of drug-likeness (QED) is 0.841. The molecule has 1 aliphatic heterocycles. The summed E-state index contributed by atoms with van der Waals surface area (Å²) in [5, 5.41) is 9.11. The second kappa shape index (κ2) is 8.18. The Morgan fingerprint density at radius 2 is 2.12 bits per heavy atom. The lowest BCUT2D eigenvalue weighted by Gasteiger charge is -2.35. The zero-order chi connectivity index (χ0) is 18.7. The van der Waals surface area contributed by atoms with Gasteiger partial charge in [0.05, 0.1) is 18.1 Å². The topological polar surface area (TPSA) is 70.1 Å². The average molecular weight is 360 g/mol. The van der Waals surface area contributed by atoms with E-state index in [4.69, 9.17) is 9.84 Å². The molecule has 1 saturated heterocycles. The molecule has 6 heteroatoms. The maximum absolute atomic E-state index is 12.8. The van der Waals surface area contributed by atoms with Crippen LogP contribution >= 0.6 is 0 Å². The van der Waals surface area contributed by atoms with Crippen molar-refractivity contribution in [2.75, 3.05) is 27.2 Å². The van der Waals surface area contributed by atoms with Crippen LogP contribution in [0.15, 0.2) is 24.3 Å². The molecule has 0 spiro atoms. The van der Waals surface area contributed by atoms with Gasteiger partial charge in [-0.1, -0.05) is 12.1 Å². The summed E-state index contributed by atoms with van der Waals surface area (Å²) in [4.78, 5) is 28.3. The van der Waals surface area contributed by atoms with Gasteiger partial charge in [0.2, 0.25) is 5.91 Å². The summed E-state index contributed by atoms with van der Waals surface area (Å²) in [5.41, 5.74) is 0.969. The number of ether oxygens (including phenoxy) is 1. The Labute approximate surface area is 154 Å². The van der Waals surface area contributed by atoms with E-state index in [0.717, 1.165) is 44.3 Å². The average Bonchev–Trinajstić information content (AvgIpc) is 3.29. The van der Waals surface area contributed by atoms with Gasteiger partial charge in [-0.2, -0.15) is 0 Å². The Hall–Kier alpha value is -1.92. The van der Waals surface area contributed by atoms with Crippen molar-refractivity contribution >= 4 is 11.9 Å². The molecule has 1 saturated carbocycles. The van der Waals surface area contributed by atoms with Gasteiger partial charge in [-0.25, -0.2) is 4.79 Å². The number of nitrogens with zero attached hydrogens (tertiary/aromatic N) is 2. The number of carbonyl (C=O) groups excluding carboxylic acids is 1. The predicted octanol–water partition coefficient (Wildman–Crippen LogP) is 2.03. The maximum Gasteiger partial charge on any atom is 0.335 e. The molecule has 2 fully saturated rings. The second-order valence-corrected chi connectivity index (χ2v) is 7.39. The van der Waals surface area contributed by atoms with Crippen LogP contribution in [0.2, 0.25) is 0 Å². The van der Waals surface area contributed by atoms with Crippen molar-refractivity contribution in [3.05, 3.63) is 35.4 Å². The van der Waals surface area contributed by atoms with Crippen molar-refractivity contribution in [3.63, 3.8) is 0 Å². The summed E-state index contributed by atoms with van der Waals surface area (Å²) in [6.07, 6.45) is 4.87. The van der Waals surface area contributed by atoms with Crippen LogP contribution in [-0.4, -0.2) is 72.2 Å². The molecule has 1 amide bonds. The standard InChI is InChI=1S/C20H28N2O4/c1-21(19(23)12-14-5-3-6-15(11-14)20(24)25)17-7-4-8-18(17)22-10-9-16(13-22)26-2/h3,5-6,11,16-18H,4,7-10,12-13H2,1-2H3,(H,24,25)/t16?,17-,18+/m0/s1. The van der Waals surface area contributed by atoms with Crippen molar-refractivity contribution in [2.45, 2.75) is 50.3 Å². The molecule has 3 atom stereocenters. The molecule has 0 aromatic heterocycles. The van der Waals surface area contributed by atoms with E-state index in [1.807, 2.05) is 18.0 Å². The summed E-state index contributed by atoms with van der Waals surface area (Å²) in [5.74, 6) is -0.919. The Morgan fingerprint density at radius 1 is 1.31 bits per heavy atom. The number of methoxy groups -OCH3 is 1. The first-order valence-electron chi connectivity index (χ1n) is 9.34. The van der Waals surface area contributed by atoms with Gasteiger partial charge >= 0.3 is 5.97 Å². The van der Waals surface area contributed by atoms with Crippen LogP contribution in [-0.2, 0) is 16.0 Å². The molecule has 1 unspecified atom stereocenters. The van der Waals surface area contributed by atoms with Gasteiger partial charge in [0.25, 0.3) is 0 Å². The van der Waals surface area contributed by atoms with Gasteiger partial charge < -0.3 is 14.7 Å². The molecule has 1 heterocycles. The molecule has 2 aliphatic rings. The van der Waals surface area contributed by atoms with Gasteiger partial charge in [0.1, 0.15) is 0 Å². The Bertz CT molecular complexity index is 663. The molecule has 1 N–H and O–H groups in total. The van der Waals surface area contributed by atoms with Gasteiger partial charge in [-0.15, -0.1) is 0 Å². The number of carboxylic acid groups (broad SMARTS) is 1. The minimum atomic E-state index is -0.967. The number of benzene rings is 1. The highest BCUT2D eigenvalue weighted by Gasteiger charge is 2.39. The normalized spacial score (nSPS) is 26.2. The number of aromatic carboxylic acids is 1. The number of amides is 1. The zero-order valence-electron chi connectivity index (χ0n) is 15.6. The molecule has 26 heavy (non-hydrogen) atoms. The second-order valence-electron chi connectivity index (χ2n) is 7.39. The first-order chi connectivity index (χ1) is 12.5. The number of rotatable bonds is 6. The molecule has 1 aromatic rings. The maximum atomic E-state index is 12.8. The highest BCUT2D eigenvalue weighted by molar-refractivity contribution is 5.88. The Kier molecular flexibility index (Phi) is 5.94. The van der Waals surface area contributed by atoms with Crippen LogP contribution in [0.25, 0.3) is 0 Å². The van der Waals surface area contributed by atoms with Crippen molar-refractivity contribution in [2.24, 2.45) is 0 Å². The largest absolute Gasteiger partial charge is 0.478 e. The summed E-state index contributed by atoms with van der Waals surface area (Å²) in [7, 11) is 3.65. The van der Waals surface area contributed by atoms with Gasteiger partial charge in [0, 0.05) is 39.3 Å². The summed E-state index contributed by atoms with van der Waals surface area (Å²) >= 11 is 0. The van der Waals surface area contributed by atoms with E-state index in [-0.39, 0.29) is 23.9 Å². The first-order valence-corrected chi connectivity index (χ1v) is 9.34. The SMILES string of the molecule is COC1CCN([C@@H]2CCC[C@@H]2N(C)C(=O)Cc2cccc(C(=O)O)c2)C1.